The quantitative estimate of drug-likeness (QED) is 0.911. The number of hydrogen-bond donors (Lipinski definition) is 1. The predicted molar refractivity (Wildman–Crippen MR) is 76.9 cm³/mol. The smallest absolute Gasteiger partial charge is 0.221 e. The monoisotopic (exact) mass is 271 g/mol. The molecule has 3 rings (SSSR count). The first-order chi connectivity index (χ1) is 9.15. The summed E-state index contributed by atoms with van der Waals surface area (Å²) < 4.78 is 0. The van der Waals surface area contributed by atoms with E-state index in [1.807, 2.05) is 30.3 Å². The van der Waals surface area contributed by atoms with Crippen molar-refractivity contribution in [1.82, 2.24) is 0 Å². The SMILES string of the molecule is NC(=O)[C@@H]1C[C@H]1c1cccc(-c2ccc(Cl)cc2)c1. The zero-order chi connectivity index (χ0) is 13.4. The van der Waals surface area contributed by atoms with Crippen molar-refractivity contribution < 1.29 is 4.79 Å². The van der Waals surface area contributed by atoms with Gasteiger partial charge in [-0.25, -0.2) is 0 Å². The van der Waals surface area contributed by atoms with Crippen LogP contribution in [0.15, 0.2) is 48.5 Å². The summed E-state index contributed by atoms with van der Waals surface area (Å²) in [7, 11) is 0. The molecule has 1 aliphatic carbocycles. The van der Waals surface area contributed by atoms with Gasteiger partial charge in [0.15, 0.2) is 0 Å². The fourth-order valence-electron chi connectivity index (χ4n) is 2.47. The van der Waals surface area contributed by atoms with E-state index in [2.05, 4.69) is 18.2 Å². The standard InChI is InChI=1S/C16H14ClNO/c17-13-6-4-10(5-7-13)11-2-1-3-12(8-11)14-9-15(14)16(18)19/h1-8,14-15H,9H2,(H2,18,19)/t14-,15+/m0/s1. The Bertz CT molecular complexity index is 621. The van der Waals surface area contributed by atoms with Crippen molar-refractivity contribution in [2.75, 3.05) is 0 Å². The van der Waals surface area contributed by atoms with Crippen LogP contribution in [0.4, 0.5) is 0 Å². The summed E-state index contributed by atoms with van der Waals surface area (Å²) in [6, 6.07) is 16.0. The lowest BCUT2D eigenvalue weighted by Crippen LogP contribution is -2.13. The maximum absolute atomic E-state index is 11.1. The molecule has 2 N–H and O–H groups in total. The molecule has 0 heterocycles. The third-order valence-corrected chi connectivity index (χ3v) is 3.90. The highest BCUT2D eigenvalue weighted by Gasteiger charge is 2.42. The number of benzene rings is 2. The van der Waals surface area contributed by atoms with Crippen LogP contribution in [-0.2, 0) is 4.79 Å². The molecule has 96 valence electrons. The van der Waals surface area contributed by atoms with Gasteiger partial charge in [-0.1, -0.05) is 48.0 Å². The van der Waals surface area contributed by atoms with Gasteiger partial charge in [0.05, 0.1) is 0 Å². The summed E-state index contributed by atoms with van der Waals surface area (Å²) in [6.45, 7) is 0. The normalized spacial score (nSPS) is 21.1. The van der Waals surface area contributed by atoms with Crippen LogP contribution in [0.5, 0.6) is 0 Å². The second-order valence-corrected chi connectivity index (χ2v) is 5.42. The minimum atomic E-state index is -0.193. The van der Waals surface area contributed by atoms with E-state index in [1.54, 1.807) is 0 Å². The van der Waals surface area contributed by atoms with E-state index in [1.165, 1.54) is 5.56 Å². The minimum absolute atomic E-state index is 0.0143. The number of nitrogens with two attached hydrogens (primary N) is 1. The topological polar surface area (TPSA) is 43.1 Å². The molecule has 1 fully saturated rings. The molecule has 2 nitrogen and oxygen atoms in total. The first-order valence-corrected chi connectivity index (χ1v) is 6.68. The molecule has 1 aliphatic rings. The molecule has 0 aliphatic heterocycles. The molecule has 19 heavy (non-hydrogen) atoms. The molecule has 0 saturated heterocycles. The van der Waals surface area contributed by atoms with E-state index < -0.39 is 0 Å². The average molecular weight is 272 g/mol. The largest absolute Gasteiger partial charge is 0.369 e. The molecule has 2 aromatic carbocycles. The first kappa shape index (κ1) is 12.2. The van der Waals surface area contributed by atoms with Crippen LogP contribution in [-0.4, -0.2) is 5.91 Å². The maximum atomic E-state index is 11.1. The number of halogens is 1. The number of hydrogen-bond acceptors (Lipinski definition) is 1. The number of carbonyl (C=O) groups excluding carboxylic acids is 1. The van der Waals surface area contributed by atoms with Crippen LogP contribution in [0.3, 0.4) is 0 Å². The molecule has 1 amide bonds. The maximum Gasteiger partial charge on any atom is 0.221 e. The second kappa shape index (κ2) is 4.71. The van der Waals surface area contributed by atoms with Crippen molar-refractivity contribution in [3.63, 3.8) is 0 Å². The first-order valence-electron chi connectivity index (χ1n) is 6.30. The Morgan fingerprint density at radius 1 is 1.11 bits per heavy atom. The zero-order valence-electron chi connectivity index (χ0n) is 10.3. The van der Waals surface area contributed by atoms with Gasteiger partial charge in [-0.15, -0.1) is 0 Å². The van der Waals surface area contributed by atoms with Gasteiger partial charge in [0.1, 0.15) is 0 Å². The lowest BCUT2D eigenvalue weighted by Gasteiger charge is -2.05. The number of amides is 1. The van der Waals surface area contributed by atoms with E-state index >= 15 is 0 Å². The lowest BCUT2D eigenvalue weighted by molar-refractivity contribution is -0.119. The fraction of sp³-hybridized carbons (Fsp3) is 0.188. The van der Waals surface area contributed by atoms with Gasteiger partial charge >= 0.3 is 0 Å². The van der Waals surface area contributed by atoms with Crippen LogP contribution >= 0.6 is 11.6 Å². The number of primary amides is 1. The van der Waals surface area contributed by atoms with Crippen molar-refractivity contribution >= 4 is 17.5 Å². The van der Waals surface area contributed by atoms with Gasteiger partial charge in [0.2, 0.25) is 5.91 Å². The number of rotatable bonds is 3. The lowest BCUT2D eigenvalue weighted by atomic mass is 10.0. The highest BCUT2D eigenvalue weighted by atomic mass is 35.5. The van der Waals surface area contributed by atoms with E-state index in [9.17, 15) is 4.79 Å². The van der Waals surface area contributed by atoms with Crippen LogP contribution in [0, 0.1) is 5.92 Å². The number of carbonyl (C=O) groups is 1. The van der Waals surface area contributed by atoms with Crippen molar-refractivity contribution in [2.45, 2.75) is 12.3 Å². The summed E-state index contributed by atoms with van der Waals surface area (Å²) in [5, 5.41) is 0.732. The van der Waals surface area contributed by atoms with Crippen molar-refractivity contribution in [1.29, 1.82) is 0 Å². The molecular weight excluding hydrogens is 258 g/mol. The average Bonchev–Trinajstić information content (AvgIpc) is 3.20. The Morgan fingerprint density at radius 2 is 1.84 bits per heavy atom. The molecular formula is C16H14ClNO. The van der Waals surface area contributed by atoms with Gasteiger partial charge in [-0.3, -0.25) is 4.79 Å². The van der Waals surface area contributed by atoms with E-state index in [0.29, 0.717) is 5.92 Å². The van der Waals surface area contributed by atoms with Crippen LogP contribution in [0.25, 0.3) is 11.1 Å². The van der Waals surface area contributed by atoms with Gasteiger partial charge in [0.25, 0.3) is 0 Å². The van der Waals surface area contributed by atoms with Gasteiger partial charge in [-0.05, 0) is 41.2 Å². The highest BCUT2D eigenvalue weighted by molar-refractivity contribution is 6.30. The van der Waals surface area contributed by atoms with Crippen LogP contribution < -0.4 is 5.73 Å². The van der Waals surface area contributed by atoms with Gasteiger partial charge < -0.3 is 5.73 Å². The van der Waals surface area contributed by atoms with E-state index in [-0.39, 0.29) is 11.8 Å². The molecule has 0 bridgehead atoms. The molecule has 0 aromatic heterocycles. The third kappa shape index (κ3) is 2.49. The molecule has 0 radical (unpaired) electrons. The fourth-order valence-corrected chi connectivity index (χ4v) is 2.60. The van der Waals surface area contributed by atoms with Crippen molar-refractivity contribution in [3.8, 4) is 11.1 Å². The molecule has 0 spiro atoms. The summed E-state index contributed by atoms with van der Waals surface area (Å²) in [4.78, 5) is 11.1. The Morgan fingerprint density at radius 3 is 2.47 bits per heavy atom. The summed E-state index contributed by atoms with van der Waals surface area (Å²) in [6.07, 6.45) is 0.874. The molecule has 1 saturated carbocycles. The highest BCUT2D eigenvalue weighted by Crippen LogP contribution is 2.47. The minimum Gasteiger partial charge on any atom is -0.369 e. The zero-order valence-corrected chi connectivity index (χ0v) is 11.1. The van der Waals surface area contributed by atoms with Crippen LogP contribution in [0.2, 0.25) is 5.02 Å². The predicted octanol–water partition coefficient (Wildman–Crippen LogP) is 3.60. The van der Waals surface area contributed by atoms with E-state index in [4.69, 9.17) is 17.3 Å². The molecule has 0 unspecified atom stereocenters. The summed E-state index contributed by atoms with van der Waals surface area (Å²) in [5.41, 5.74) is 8.80. The second-order valence-electron chi connectivity index (χ2n) is 4.98. The summed E-state index contributed by atoms with van der Waals surface area (Å²) >= 11 is 5.89. The Kier molecular flexibility index (Phi) is 3.03. The Labute approximate surface area is 117 Å². The van der Waals surface area contributed by atoms with Crippen LogP contribution in [0.1, 0.15) is 17.9 Å². The summed E-state index contributed by atoms with van der Waals surface area (Å²) in [5.74, 6) is 0.118. The Balaban J connectivity index is 1.88. The Hall–Kier alpha value is -1.80. The van der Waals surface area contributed by atoms with Gasteiger partial charge in [-0.2, -0.15) is 0 Å². The van der Waals surface area contributed by atoms with E-state index in [0.717, 1.165) is 22.6 Å². The molecule has 2 atom stereocenters. The van der Waals surface area contributed by atoms with Crippen molar-refractivity contribution in [3.05, 3.63) is 59.1 Å². The van der Waals surface area contributed by atoms with Crippen molar-refractivity contribution in [2.24, 2.45) is 11.7 Å². The van der Waals surface area contributed by atoms with Gasteiger partial charge in [0, 0.05) is 10.9 Å². The molecule has 2 aromatic rings. The third-order valence-electron chi connectivity index (χ3n) is 3.65. The molecule has 3 heteroatoms.